The van der Waals surface area contributed by atoms with E-state index in [0.717, 1.165) is 43.1 Å². The molecule has 5 heteroatoms. The number of aryl methyl sites for hydroxylation is 1. The average Bonchev–Trinajstić information content (AvgIpc) is 2.62. The third kappa shape index (κ3) is 3.67. The van der Waals surface area contributed by atoms with Crippen LogP contribution in [0.4, 0.5) is 11.4 Å². The zero-order chi connectivity index (χ0) is 16.1. The Hall–Kier alpha value is -2.87. The second kappa shape index (κ2) is 6.93. The average molecular weight is 305 g/mol. The van der Waals surface area contributed by atoms with Gasteiger partial charge in [-0.05, 0) is 31.2 Å². The van der Waals surface area contributed by atoms with Crippen molar-refractivity contribution in [2.75, 3.05) is 31.1 Å². The van der Waals surface area contributed by atoms with Crippen LogP contribution in [-0.2, 0) is 0 Å². The molecule has 0 bridgehead atoms. The molecule has 0 atom stereocenters. The molecular formula is C18H19N5. The highest BCUT2D eigenvalue weighted by Gasteiger charge is 2.18. The van der Waals surface area contributed by atoms with E-state index >= 15 is 0 Å². The van der Waals surface area contributed by atoms with Crippen molar-refractivity contribution in [3.05, 3.63) is 59.7 Å². The number of anilines is 1. The van der Waals surface area contributed by atoms with E-state index in [9.17, 15) is 5.26 Å². The van der Waals surface area contributed by atoms with Gasteiger partial charge in [-0.3, -0.25) is 5.01 Å². The molecule has 1 fully saturated rings. The molecule has 0 aromatic heterocycles. The van der Waals surface area contributed by atoms with E-state index in [1.54, 1.807) is 0 Å². The largest absolute Gasteiger partial charge is 0.367 e. The SMILES string of the molecule is Cc1ccc(N=NN2CCN(c3ccccc3C#N)CC2)cc1. The number of para-hydroxylation sites is 1. The van der Waals surface area contributed by atoms with Gasteiger partial charge in [0.2, 0.25) is 0 Å². The van der Waals surface area contributed by atoms with Crippen molar-refractivity contribution in [2.24, 2.45) is 10.3 Å². The van der Waals surface area contributed by atoms with Crippen molar-refractivity contribution in [2.45, 2.75) is 6.92 Å². The third-order valence-electron chi connectivity index (χ3n) is 3.94. The van der Waals surface area contributed by atoms with E-state index in [2.05, 4.69) is 28.2 Å². The van der Waals surface area contributed by atoms with Crippen LogP contribution in [0.15, 0.2) is 58.9 Å². The summed E-state index contributed by atoms with van der Waals surface area (Å²) in [4.78, 5) is 2.23. The lowest BCUT2D eigenvalue weighted by atomic mass is 10.1. The summed E-state index contributed by atoms with van der Waals surface area (Å²) in [6.45, 7) is 5.33. The Morgan fingerprint density at radius 2 is 1.65 bits per heavy atom. The van der Waals surface area contributed by atoms with Gasteiger partial charge in [-0.2, -0.15) is 5.26 Å². The van der Waals surface area contributed by atoms with Crippen molar-refractivity contribution in [1.82, 2.24) is 5.01 Å². The molecule has 1 aliphatic heterocycles. The first-order valence-electron chi connectivity index (χ1n) is 7.73. The third-order valence-corrected chi connectivity index (χ3v) is 3.94. The Labute approximate surface area is 136 Å². The Bertz CT molecular complexity index is 722. The first kappa shape index (κ1) is 15.0. The molecule has 0 N–H and O–H groups in total. The van der Waals surface area contributed by atoms with Gasteiger partial charge in [-0.25, -0.2) is 0 Å². The molecule has 0 amide bonds. The van der Waals surface area contributed by atoms with Gasteiger partial charge in [0.25, 0.3) is 0 Å². The predicted molar refractivity (Wildman–Crippen MR) is 90.6 cm³/mol. The highest BCUT2D eigenvalue weighted by Crippen LogP contribution is 2.21. The Kier molecular flexibility index (Phi) is 4.53. The minimum atomic E-state index is 0.724. The Morgan fingerprint density at radius 1 is 0.957 bits per heavy atom. The molecule has 1 aliphatic rings. The molecular weight excluding hydrogens is 286 g/mol. The summed E-state index contributed by atoms with van der Waals surface area (Å²) in [5.41, 5.74) is 3.81. The van der Waals surface area contributed by atoms with Crippen LogP contribution in [0.2, 0.25) is 0 Å². The summed E-state index contributed by atoms with van der Waals surface area (Å²) in [5, 5.41) is 19.8. The number of benzene rings is 2. The van der Waals surface area contributed by atoms with Gasteiger partial charge < -0.3 is 4.90 Å². The van der Waals surface area contributed by atoms with Gasteiger partial charge >= 0.3 is 0 Å². The number of nitriles is 1. The van der Waals surface area contributed by atoms with Gasteiger partial charge in [0.1, 0.15) is 6.07 Å². The van der Waals surface area contributed by atoms with Crippen LogP contribution in [-0.4, -0.2) is 31.2 Å². The van der Waals surface area contributed by atoms with E-state index in [-0.39, 0.29) is 0 Å². The smallest absolute Gasteiger partial charge is 0.101 e. The maximum absolute atomic E-state index is 9.21. The van der Waals surface area contributed by atoms with Crippen molar-refractivity contribution in [1.29, 1.82) is 5.26 Å². The number of hydrogen-bond donors (Lipinski definition) is 0. The molecule has 3 rings (SSSR count). The fourth-order valence-corrected chi connectivity index (χ4v) is 2.60. The highest BCUT2D eigenvalue weighted by atomic mass is 15.6. The highest BCUT2D eigenvalue weighted by molar-refractivity contribution is 5.59. The molecule has 2 aromatic carbocycles. The molecule has 1 saturated heterocycles. The van der Waals surface area contributed by atoms with E-state index < -0.39 is 0 Å². The monoisotopic (exact) mass is 305 g/mol. The Morgan fingerprint density at radius 3 is 2.35 bits per heavy atom. The second-order valence-corrected chi connectivity index (χ2v) is 5.59. The van der Waals surface area contributed by atoms with Gasteiger partial charge in [0.15, 0.2) is 0 Å². The number of rotatable bonds is 3. The summed E-state index contributed by atoms with van der Waals surface area (Å²) in [5.74, 6) is 0. The topological polar surface area (TPSA) is 55.0 Å². The fourth-order valence-electron chi connectivity index (χ4n) is 2.60. The zero-order valence-electron chi connectivity index (χ0n) is 13.2. The minimum Gasteiger partial charge on any atom is -0.367 e. The molecule has 5 nitrogen and oxygen atoms in total. The molecule has 116 valence electrons. The first-order chi connectivity index (χ1) is 11.3. The summed E-state index contributed by atoms with van der Waals surface area (Å²) in [6, 6.07) is 18.0. The predicted octanol–water partition coefficient (Wildman–Crippen LogP) is 3.69. The molecule has 1 heterocycles. The van der Waals surface area contributed by atoms with Crippen LogP contribution in [0.3, 0.4) is 0 Å². The van der Waals surface area contributed by atoms with Crippen molar-refractivity contribution < 1.29 is 0 Å². The summed E-state index contributed by atoms with van der Waals surface area (Å²) in [7, 11) is 0. The maximum atomic E-state index is 9.21. The lowest BCUT2D eigenvalue weighted by Gasteiger charge is -2.34. The lowest BCUT2D eigenvalue weighted by Crippen LogP contribution is -2.44. The quantitative estimate of drug-likeness (QED) is 0.813. The van der Waals surface area contributed by atoms with Gasteiger partial charge in [-0.1, -0.05) is 35.1 Å². The van der Waals surface area contributed by atoms with Gasteiger partial charge in [0.05, 0.1) is 30.0 Å². The minimum absolute atomic E-state index is 0.724. The van der Waals surface area contributed by atoms with Gasteiger partial charge in [-0.15, -0.1) is 5.11 Å². The number of nitrogens with zero attached hydrogens (tertiary/aromatic N) is 5. The van der Waals surface area contributed by atoms with Crippen molar-refractivity contribution >= 4 is 11.4 Å². The van der Waals surface area contributed by atoms with Crippen molar-refractivity contribution in [3.8, 4) is 6.07 Å². The summed E-state index contributed by atoms with van der Waals surface area (Å²) in [6.07, 6.45) is 0. The molecule has 23 heavy (non-hydrogen) atoms. The number of piperazine rings is 1. The normalized spacial score (nSPS) is 15.0. The van der Waals surface area contributed by atoms with Gasteiger partial charge in [0, 0.05) is 13.1 Å². The van der Waals surface area contributed by atoms with E-state index in [4.69, 9.17) is 0 Å². The fraction of sp³-hybridized carbons (Fsp3) is 0.278. The lowest BCUT2D eigenvalue weighted by molar-refractivity contribution is 0.254. The first-order valence-corrected chi connectivity index (χ1v) is 7.73. The molecule has 2 aromatic rings. The van der Waals surface area contributed by atoms with Crippen LogP contribution in [0.5, 0.6) is 0 Å². The molecule has 0 spiro atoms. The van der Waals surface area contributed by atoms with Crippen LogP contribution >= 0.6 is 0 Å². The van der Waals surface area contributed by atoms with Crippen LogP contribution in [0, 0.1) is 18.3 Å². The molecule has 0 unspecified atom stereocenters. The van der Waals surface area contributed by atoms with Crippen LogP contribution < -0.4 is 4.90 Å². The Balaban J connectivity index is 1.60. The number of hydrogen-bond acceptors (Lipinski definition) is 4. The standard InChI is InChI=1S/C18H19N5/c1-15-6-8-17(9-7-15)20-21-23-12-10-22(11-13-23)18-5-3-2-4-16(18)14-19/h2-9H,10-13H2,1H3. The van der Waals surface area contributed by atoms with E-state index in [1.807, 2.05) is 53.5 Å². The van der Waals surface area contributed by atoms with Crippen LogP contribution in [0.1, 0.15) is 11.1 Å². The van der Waals surface area contributed by atoms with Crippen LogP contribution in [0.25, 0.3) is 0 Å². The zero-order valence-corrected chi connectivity index (χ0v) is 13.2. The second-order valence-electron chi connectivity index (χ2n) is 5.59. The molecule has 0 aliphatic carbocycles. The molecule has 0 radical (unpaired) electrons. The molecule has 0 saturated carbocycles. The summed E-state index contributed by atoms with van der Waals surface area (Å²) < 4.78 is 0. The van der Waals surface area contributed by atoms with E-state index in [1.165, 1.54) is 5.56 Å². The van der Waals surface area contributed by atoms with Crippen molar-refractivity contribution in [3.63, 3.8) is 0 Å². The maximum Gasteiger partial charge on any atom is 0.101 e. The summed E-state index contributed by atoms with van der Waals surface area (Å²) >= 11 is 0. The van der Waals surface area contributed by atoms with E-state index in [0.29, 0.717) is 0 Å².